The van der Waals surface area contributed by atoms with Gasteiger partial charge in [0.25, 0.3) is 0 Å². The zero-order valence-electron chi connectivity index (χ0n) is 12.8. The van der Waals surface area contributed by atoms with Gasteiger partial charge in [-0.05, 0) is 44.9 Å². The minimum absolute atomic E-state index is 0.255. The molecule has 1 saturated heterocycles. The van der Waals surface area contributed by atoms with E-state index in [-0.39, 0.29) is 5.91 Å². The Labute approximate surface area is 125 Å². The predicted molar refractivity (Wildman–Crippen MR) is 82.3 cm³/mol. The van der Waals surface area contributed by atoms with Crippen LogP contribution in [0.4, 0.5) is 0 Å². The molecule has 110 valence electrons. The number of amides is 1. The van der Waals surface area contributed by atoms with Crippen LogP contribution in [0.3, 0.4) is 0 Å². The van der Waals surface area contributed by atoms with E-state index in [4.69, 9.17) is 0 Å². The van der Waals surface area contributed by atoms with Crippen molar-refractivity contribution in [3.8, 4) is 5.69 Å². The molecule has 2 aromatic rings. The third-order valence-corrected chi connectivity index (χ3v) is 4.20. The van der Waals surface area contributed by atoms with Crippen LogP contribution in [0.25, 0.3) is 5.69 Å². The highest BCUT2D eigenvalue weighted by molar-refractivity contribution is 5.78. The Morgan fingerprint density at radius 1 is 1.29 bits per heavy atom. The molecule has 2 heterocycles. The fraction of sp³-hybridized carbons (Fsp3) is 0.412. The number of hydrogen-bond acceptors (Lipinski definition) is 2. The first kappa shape index (κ1) is 13.9. The van der Waals surface area contributed by atoms with Crippen molar-refractivity contribution in [3.05, 3.63) is 47.3 Å². The molecule has 21 heavy (non-hydrogen) atoms. The smallest absolute Gasteiger partial charge is 0.223 e. The molecule has 0 saturated carbocycles. The van der Waals surface area contributed by atoms with Crippen LogP contribution in [0.5, 0.6) is 0 Å². The SMILES string of the molecule is Cc1cc(C)n(-c2ccccc2CN2C(=O)CCC2C)n1. The average molecular weight is 283 g/mol. The number of aromatic nitrogens is 2. The van der Waals surface area contributed by atoms with Crippen molar-refractivity contribution in [1.29, 1.82) is 0 Å². The number of benzene rings is 1. The normalized spacial score (nSPS) is 18.5. The monoisotopic (exact) mass is 283 g/mol. The van der Waals surface area contributed by atoms with E-state index in [9.17, 15) is 4.79 Å². The van der Waals surface area contributed by atoms with E-state index in [0.29, 0.717) is 19.0 Å². The Balaban J connectivity index is 1.97. The lowest BCUT2D eigenvalue weighted by Gasteiger charge is -2.23. The first-order valence-corrected chi connectivity index (χ1v) is 7.47. The number of carbonyl (C=O) groups is 1. The van der Waals surface area contributed by atoms with Gasteiger partial charge in [-0.15, -0.1) is 0 Å². The largest absolute Gasteiger partial charge is 0.336 e. The van der Waals surface area contributed by atoms with Crippen molar-refractivity contribution in [1.82, 2.24) is 14.7 Å². The van der Waals surface area contributed by atoms with Crippen molar-refractivity contribution in [3.63, 3.8) is 0 Å². The standard InChI is InChI=1S/C17H21N3O/c1-12-10-14(3)20(18-12)16-7-5-4-6-15(16)11-19-13(2)8-9-17(19)21/h4-7,10,13H,8-9,11H2,1-3H3. The molecular weight excluding hydrogens is 262 g/mol. The molecule has 3 rings (SSSR count). The van der Waals surface area contributed by atoms with Gasteiger partial charge < -0.3 is 4.90 Å². The number of para-hydroxylation sites is 1. The molecule has 0 radical (unpaired) electrons. The summed E-state index contributed by atoms with van der Waals surface area (Å²) in [6.07, 6.45) is 1.63. The topological polar surface area (TPSA) is 38.1 Å². The summed E-state index contributed by atoms with van der Waals surface area (Å²) in [5.41, 5.74) is 4.33. The average Bonchev–Trinajstić information content (AvgIpc) is 2.95. The third-order valence-electron chi connectivity index (χ3n) is 4.20. The molecule has 4 nitrogen and oxygen atoms in total. The van der Waals surface area contributed by atoms with Crippen molar-refractivity contribution in [2.24, 2.45) is 0 Å². The van der Waals surface area contributed by atoms with Gasteiger partial charge in [0.1, 0.15) is 0 Å². The summed E-state index contributed by atoms with van der Waals surface area (Å²) in [6.45, 7) is 6.84. The van der Waals surface area contributed by atoms with Gasteiger partial charge in [-0.1, -0.05) is 18.2 Å². The molecule has 1 aliphatic heterocycles. The lowest BCUT2D eigenvalue weighted by molar-refractivity contribution is -0.129. The third kappa shape index (κ3) is 2.58. The summed E-state index contributed by atoms with van der Waals surface area (Å²) < 4.78 is 1.97. The molecule has 1 aromatic heterocycles. The Hall–Kier alpha value is -2.10. The molecule has 0 bridgehead atoms. The number of likely N-dealkylation sites (tertiary alicyclic amines) is 1. The fourth-order valence-corrected chi connectivity index (χ4v) is 3.03. The van der Waals surface area contributed by atoms with E-state index in [1.54, 1.807) is 0 Å². The summed E-state index contributed by atoms with van der Waals surface area (Å²) in [4.78, 5) is 14.0. The number of hydrogen-bond donors (Lipinski definition) is 0. The second-order valence-corrected chi connectivity index (χ2v) is 5.88. The molecule has 1 aromatic carbocycles. The molecule has 0 aliphatic carbocycles. The van der Waals surface area contributed by atoms with Gasteiger partial charge in [-0.3, -0.25) is 4.79 Å². The van der Waals surface area contributed by atoms with E-state index in [0.717, 1.165) is 29.1 Å². The van der Waals surface area contributed by atoms with Crippen LogP contribution in [0, 0.1) is 13.8 Å². The molecule has 1 amide bonds. The van der Waals surface area contributed by atoms with Gasteiger partial charge in [-0.2, -0.15) is 5.10 Å². The van der Waals surface area contributed by atoms with Gasteiger partial charge >= 0.3 is 0 Å². The minimum Gasteiger partial charge on any atom is -0.336 e. The van der Waals surface area contributed by atoms with Crippen molar-refractivity contribution < 1.29 is 4.79 Å². The van der Waals surface area contributed by atoms with Gasteiger partial charge in [0.15, 0.2) is 0 Å². The summed E-state index contributed by atoms with van der Waals surface area (Å²) in [5.74, 6) is 0.255. The summed E-state index contributed by atoms with van der Waals surface area (Å²) in [5, 5.41) is 4.57. The highest BCUT2D eigenvalue weighted by atomic mass is 16.2. The Kier molecular flexibility index (Phi) is 3.53. The van der Waals surface area contributed by atoms with E-state index in [1.165, 1.54) is 0 Å². The Bertz CT molecular complexity index is 674. The molecule has 1 unspecified atom stereocenters. The van der Waals surface area contributed by atoms with Crippen molar-refractivity contribution in [2.45, 2.75) is 46.2 Å². The second-order valence-electron chi connectivity index (χ2n) is 5.88. The molecule has 4 heteroatoms. The molecule has 1 aliphatic rings. The molecule has 0 N–H and O–H groups in total. The highest BCUT2D eigenvalue weighted by Crippen LogP contribution is 2.24. The van der Waals surface area contributed by atoms with Crippen molar-refractivity contribution in [2.75, 3.05) is 0 Å². The van der Waals surface area contributed by atoms with E-state index in [2.05, 4.69) is 37.1 Å². The van der Waals surface area contributed by atoms with Gasteiger partial charge in [-0.25, -0.2) is 4.68 Å². The first-order valence-electron chi connectivity index (χ1n) is 7.47. The minimum atomic E-state index is 0.255. The van der Waals surface area contributed by atoms with Crippen LogP contribution >= 0.6 is 0 Å². The number of rotatable bonds is 3. The zero-order chi connectivity index (χ0) is 15.0. The van der Waals surface area contributed by atoms with Crippen LogP contribution in [0.2, 0.25) is 0 Å². The zero-order valence-corrected chi connectivity index (χ0v) is 12.8. The van der Waals surface area contributed by atoms with Crippen molar-refractivity contribution >= 4 is 5.91 Å². The Morgan fingerprint density at radius 3 is 2.67 bits per heavy atom. The molecule has 0 spiro atoms. The molecule has 1 atom stereocenters. The lowest BCUT2D eigenvalue weighted by atomic mass is 10.1. The Morgan fingerprint density at radius 2 is 2.05 bits per heavy atom. The molecule has 1 fully saturated rings. The molecular formula is C17H21N3O. The number of aryl methyl sites for hydroxylation is 2. The maximum Gasteiger partial charge on any atom is 0.223 e. The van der Waals surface area contributed by atoms with Gasteiger partial charge in [0, 0.05) is 24.7 Å². The van der Waals surface area contributed by atoms with Crippen LogP contribution in [0.1, 0.15) is 36.7 Å². The first-order chi connectivity index (χ1) is 10.1. The van der Waals surface area contributed by atoms with Crippen LogP contribution < -0.4 is 0 Å². The lowest BCUT2D eigenvalue weighted by Crippen LogP contribution is -2.30. The van der Waals surface area contributed by atoms with E-state index in [1.807, 2.05) is 28.6 Å². The summed E-state index contributed by atoms with van der Waals surface area (Å²) >= 11 is 0. The maximum absolute atomic E-state index is 12.0. The fourth-order valence-electron chi connectivity index (χ4n) is 3.03. The van der Waals surface area contributed by atoms with E-state index < -0.39 is 0 Å². The van der Waals surface area contributed by atoms with Crippen LogP contribution in [0.15, 0.2) is 30.3 Å². The van der Waals surface area contributed by atoms with Gasteiger partial charge in [0.2, 0.25) is 5.91 Å². The highest BCUT2D eigenvalue weighted by Gasteiger charge is 2.28. The van der Waals surface area contributed by atoms with E-state index >= 15 is 0 Å². The second kappa shape index (κ2) is 5.35. The van der Waals surface area contributed by atoms with Crippen LogP contribution in [-0.4, -0.2) is 26.6 Å². The predicted octanol–water partition coefficient (Wildman–Crippen LogP) is 3.00. The number of carbonyl (C=O) groups excluding carboxylic acids is 1. The maximum atomic E-state index is 12.0. The summed E-state index contributed by atoms with van der Waals surface area (Å²) in [6, 6.07) is 10.6. The van der Waals surface area contributed by atoms with Crippen LogP contribution in [-0.2, 0) is 11.3 Å². The van der Waals surface area contributed by atoms with Gasteiger partial charge in [0.05, 0.1) is 11.4 Å². The summed E-state index contributed by atoms with van der Waals surface area (Å²) in [7, 11) is 0. The quantitative estimate of drug-likeness (QED) is 0.868. The number of nitrogens with zero attached hydrogens (tertiary/aromatic N) is 3.